The summed E-state index contributed by atoms with van der Waals surface area (Å²) in [5.74, 6) is 1.37. The molecule has 1 aromatic rings. The van der Waals surface area contributed by atoms with E-state index in [0.29, 0.717) is 18.2 Å². The van der Waals surface area contributed by atoms with Crippen LogP contribution in [0.2, 0.25) is 0 Å². The van der Waals surface area contributed by atoms with Gasteiger partial charge in [0.15, 0.2) is 0 Å². The van der Waals surface area contributed by atoms with E-state index < -0.39 is 0 Å². The van der Waals surface area contributed by atoms with E-state index in [-0.39, 0.29) is 5.84 Å². The summed E-state index contributed by atoms with van der Waals surface area (Å²) in [6, 6.07) is 5.55. The van der Waals surface area contributed by atoms with Crippen LogP contribution in [0.15, 0.2) is 18.2 Å². The zero-order valence-electron chi connectivity index (χ0n) is 11.3. The van der Waals surface area contributed by atoms with Crippen molar-refractivity contribution >= 4 is 11.7 Å². The molecule has 0 amide bonds. The monoisotopic (exact) mass is 250 g/mol. The summed E-state index contributed by atoms with van der Waals surface area (Å²) in [6.45, 7) is 6.66. The van der Waals surface area contributed by atoms with Gasteiger partial charge in [-0.1, -0.05) is 19.9 Å². The molecule has 0 aliphatic carbocycles. The van der Waals surface area contributed by atoms with Gasteiger partial charge in [0.05, 0.1) is 6.61 Å². The van der Waals surface area contributed by atoms with E-state index in [9.17, 15) is 0 Å². The minimum atomic E-state index is -0.00640. The van der Waals surface area contributed by atoms with Gasteiger partial charge in [-0.05, 0) is 18.1 Å². The van der Waals surface area contributed by atoms with Crippen LogP contribution in [0, 0.1) is 11.3 Å². The van der Waals surface area contributed by atoms with Crippen LogP contribution in [0.4, 0.5) is 5.82 Å². The second kappa shape index (κ2) is 6.96. The lowest BCUT2D eigenvalue weighted by molar-refractivity contribution is 0.204. The van der Waals surface area contributed by atoms with Crippen LogP contribution in [-0.2, 0) is 4.74 Å². The van der Waals surface area contributed by atoms with Crippen molar-refractivity contribution in [2.75, 3.05) is 31.7 Å². The number of pyridine rings is 1. The maximum Gasteiger partial charge on any atom is 0.141 e. The van der Waals surface area contributed by atoms with Crippen LogP contribution < -0.4 is 10.6 Å². The number of nitrogens with one attached hydrogen (secondary N) is 1. The second-order valence-electron chi connectivity index (χ2n) is 4.63. The van der Waals surface area contributed by atoms with Gasteiger partial charge in [-0.15, -0.1) is 0 Å². The minimum absolute atomic E-state index is 0.00640. The number of nitrogen functional groups attached to an aromatic ring is 1. The summed E-state index contributed by atoms with van der Waals surface area (Å²) in [5, 5.41) is 7.42. The number of rotatable bonds is 7. The normalized spacial score (nSPS) is 10.7. The lowest BCUT2D eigenvalue weighted by atomic mass is 10.2. The topological polar surface area (TPSA) is 75.2 Å². The highest BCUT2D eigenvalue weighted by molar-refractivity contribution is 5.93. The standard InChI is InChI=1S/C13H22N4O/c1-10(2)9-17(7-8-18-3)12-6-4-5-11(16-12)13(14)15/h4-6,10H,7-9H2,1-3H3,(H3,14,15). The summed E-state index contributed by atoms with van der Waals surface area (Å²) in [7, 11) is 1.69. The first kappa shape index (κ1) is 14.4. The number of ether oxygens (including phenoxy) is 1. The Labute approximate surface area is 108 Å². The molecular weight excluding hydrogens is 228 g/mol. The third-order valence-corrected chi connectivity index (χ3v) is 2.49. The predicted octanol–water partition coefficient (Wildman–Crippen LogP) is 1.47. The molecule has 0 atom stereocenters. The molecule has 0 saturated carbocycles. The molecule has 5 nitrogen and oxygen atoms in total. The molecule has 1 aromatic heterocycles. The van der Waals surface area contributed by atoms with Gasteiger partial charge >= 0.3 is 0 Å². The van der Waals surface area contributed by atoms with Crippen LogP contribution in [0.3, 0.4) is 0 Å². The van der Waals surface area contributed by atoms with Gasteiger partial charge < -0.3 is 15.4 Å². The van der Waals surface area contributed by atoms with Gasteiger partial charge in [0.1, 0.15) is 17.3 Å². The molecule has 0 unspecified atom stereocenters. The maximum absolute atomic E-state index is 7.42. The number of hydrogen-bond acceptors (Lipinski definition) is 4. The van der Waals surface area contributed by atoms with Crippen molar-refractivity contribution < 1.29 is 4.74 Å². The first-order valence-corrected chi connectivity index (χ1v) is 6.10. The van der Waals surface area contributed by atoms with Crippen molar-refractivity contribution in [3.05, 3.63) is 23.9 Å². The summed E-state index contributed by atoms with van der Waals surface area (Å²) in [4.78, 5) is 6.55. The van der Waals surface area contributed by atoms with E-state index in [1.807, 2.05) is 12.1 Å². The van der Waals surface area contributed by atoms with Crippen molar-refractivity contribution in [2.45, 2.75) is 13.8 Å². The molecule has 0 spiro atoms. The number of hydrogen-bond donors (Lipinski definition) is 2. The van der Waals surface area contributed by atoms with Crippen molar-refractivity contribution in [1.29, 1.82) is 5.41 Å². The van der Waals surface area contributed by atoms with Gasteiger partial charge in [0, 0.05) is 20.2 Å². The predicted molar refractivity (Wildman–Crippen MR) is 74.2 cm³/mol. The van der Waals surface area contributed by atoms with E-state index in [1.165, 1.54) is 0 Å². The quantitative estimate of drug-likeness (QED) is 0.567. The molecule has 100 valence electrons. The Hall–Kier alpha value is -1.62. The van der Waals surface area contributed by atoms with E-state index in [2.05, 4.69) is 23.7 Å². The van der Waals surface area contributed by atoms with Crippen LogP contribution in [0.1, 0.15) is 19.5 Å². The minimum Gasteiger partial charge on any atom is -0.383 e. The highest BCUT2D eigenvalue weighted by Gasteiger charge is 2.11. The number of methoxy groups -OCH3 is 1. The zero-order chi connectivity index (χ0) is 13.5. The van der Waals surface area contributed by atoms with Crippen molar-refractivity contribution in [3.63, 3.8) is 0 Å². The Bertz CT molecular complexity index is 392. The molecule has 0 radical (unpaired) electrons. The molecule has 1 rings (SSSR count). The van der Waals surface area contributed by atoms with Crippen molar-refractivity contribution in [1.82, 2.24) is 4.98 Å². The molecule has 0 aliphatic heterocycles. The molecule has 0 fully saturated rings. The van der Waals surface area contributed by atoms with Crippen LogP contribution in [-0.4, -0.2) is 37.6 Å². The Kier molecular flexibility index (Phi) is 5.58. The smallest absolute Gasteiger partial charge is 0.141 e. The van der Waals surface area contributed by atoms with Gasteiger partial charge in [0.2, 0.25) is 0 Å². The molecular formula is C13H22N4O. The number of nitrogens with two attached hydrogens (primary N) is 1. The van der Waals surface area contributed by atoms with Gasteiger partial charge in [-0.25, -0.2) is 4.98 Å². The lowest BCUT2D eigenvalue weighted by Crippen LogP contribution is -2.32. The fourth-order valence-corrected chi connectivity index (χ4v) is 1.69. The van der Waals surface area contributed by atoms with E-state index in [4.69, 9.17) is 15.9 Å². The summed E-state index contributed by atoms with van der Waals surface area (Å²) >= 11 is 0. The average molecular weight is 250 g/mol. The first-order chi connectivity index (χ1) is 8.54. The second-order valence-corrected chi connectivity index (χ2v) is 4.63. The lowest BCUT2D eigenvalue weighted by Gasteiger charge is -2.25. The average Bonchev–Trinajstić information content (AvgIpc) is 2.34. The highest BCUT2D eigenvalue weighted by atomic mass is 16.5. The molecule has 18 heavy (non-hydrogen) atoms. The third-order valence-electron chi connectivity index (χ3n) is 2.49. The number of anilines is 1. The third kappa shape index (κ3) is 4.33. The van der Waals surface area contributed by atoms with Gasteiger partial charge in [0.25, 0.3) is 0 Å². The zero-order valence-corrected chi connectivity index (χ0v) is 11.3. The number of aromatic nitrogens is 1. The van der Waals surface area contributed by atoms with Crippen LogP contribution >= 0.6 is 0 Å². The first-order valence-electron chi connectivity index (χ1n) is 6.10. The summed E-state index contributed by atoms with van der Waals surface area (Å²) < 4.78 is 5.12. The molecule has 0 saturated heterocycles. The molecule has 0 aromatic carbocycles. The van der Waals surface area contributed by atoms with Crippen LogP contribution in [0.25, 0.3) is 0 Å². The Balaban J connectivity index is 2.89. The largest absolute Gasteiger partial charge is 0.383 e. The van der Waals surface area contributed by atoms with E-state index >= 15 is 0 Å². The van der Waals surface area contributed by atoms with Crippen molar-refractivity contribution in [2.24, 2.45) is 11.7 Å². The molecule has 0 bridgehead atoms. The molecule has 1 heterocycles. The number of amidine groups is 1. The fourth-order valence-electron chi connectivity index (χ4n) is 1.69. The van der Waals surface area contributed by atoms with E-state index in [0.717, 1.165) is 18.9 Å². The molecule has 0 aliphatic rings. The molecule has 5 heteroatoms. The van der Waals surface area contributed by atoms with Gasteiger partial charge in [-0.3, -0.25) is 5.41 Å². The number of nitrogens with zero attached hydrogens (tertiary/aromatic N) is 2. The fraction of sp³-hybridized carbons (Fsp3) is 0.538. The SMILES string of the molecule is COCCN(CC(C)C)c1cccc(C(=N)N)n1. The Morgan fingerprint density at radius 1 is 1.50 bits per heavy atom. The molecule has 3 N–H and O–H groups in total. The van der Waals surface area contributed by atoms with Crippen molar-refractivity contribution in [3.8, 4) is 0 Å². The maximum atomic E-state index is 7.42. The highest BCUT2D eigenvalue weighted by Crippen LogP contribution is 2.13. The van der Waals surface area contributed by atoms with E-state index in [1.54, 1.807) is 13.2 Å². The summed E-state index contributed by atoms with van der Waals surface area (Å²) in [6.07, 6.45) is 0. The Morgan fingerprint density at radius 2 is 2.22 bits per heavy atom. The van der Waals surface area contributed by atoms with Crippen LogP contribution in [0.5, 0.6) is 0 Å². The summed E-state index contributed by atoms with van der Waals surface area (Å²) in [5.41, 5.74) is 5.97. The van der Waals surface area contributed by atoms with Gasteiger partial charge in [-0.2, -0.15) is 0 Å². The Morgan fingerprint density at radius 3 is 2.78 bits per heavy atom.